The summed E-state index contributed by atoms with van der Waals surface area (Å²) in [5.41, 5.74) is 9.20. The number of hydrogen-bond acceptors (Lipinski definition) is 3. The van der Waals surface area contributed by atoms with E-state index in [1.54, 1.807) is 0 Å². The molecule has 18 heavy (non-hydrogen) atoms. The smallest absolute Gasteiger partial charge is 0.224 e. The van der Waals surface area contributed by atoms with Gasteiger partial charge in [-0.25, -0.2) is 0 Å². The molecule has 1 amide bonds. The highest BCUT2D eigenvalue weighted by Crippen LogP contribution is 2.23. The molecule has 0 aromatic heterocycles. The van der Waals surface area contributed by atoms with Crippen LogP contribution < -0.4 is 16.4 Å². The van der Waals surface area contributed by atoms with Gasteiger partial charge in [-0.2, -0.15) is 0 Å². The van der Waals surface area contributed by atoms with Gasteiger partial charge in [-0.3, -0.25) is 4.79 Å². The molecular weight excluding hydrogens is 226 g/mol. The third-order valence-corrected chi connectivity index (χ3v) is 3.12. The fraction of sp³-hybridized carbons (Fsp3) is 0.500. The second-order valence-corrected chi connectivity index (χ2v) is 4.97. The number of amides is 1. The molecule has 1 atom stereocenters. The summed E-state index contributed by atoms with van der Waals surface area (Å²) in [6.45, 7) is 3.78. The number of nitrogens with two attached hydrogens (primary N) is 1. The molecule has 1 heterocycles. The second-order valence-electron chi connectivity index (χ2n) is 4.97. The van der Waals surface area contributed by atoms with Crippen LogP contribution in [0.25, 0.3) is 0 Å². The van der Waals surface area contributed by atoms with E-state index in [1.165, 1.54) is 11.1 Å². The van der Waals surface area contributed by atoms with Gasteiger partial charge in [0.15, 0.2) is 0 Å². The number of benzene rings is 1. The maximum Gasteiger partial charge on any atom is 0.224 e. The molecule has 4 nitrogen and oxygen atoms in total. The normalized spacial score (nSPS) is 16.0. The van der Waals surface area contributed by atoms with Crippen molar-refractivity contribution >= 4 is 11.6 Å². The Morgan fingerprint density at radius 1 is 1.44 bits per heavy atom. The molecule has 0 bridgehead atoms. The molecule has 4 heteroatoms. The molecule has 0 radical (unpaired) electrons. The maximum atomic E-state index is 11.3. The Balaban J connectivity index is 1.89. The second kappa shape index (κ2) is 5.98. The molecule has 1 aliphatic heterocycles. The Kier molecular flexibility index (Phi) is 4.33. The van der Waals surface area contributed by atoms with Gasteiger partial charge in [0.1, 0.15) is 0 Å². The Bertz CT molecular complexity index is 429. The lowest BCUT2D eigenvalue weighted by atomic mass is 9.99. The topological polar surface area (TPSA) is 67.1 Å². The highest BCUT2D eigenvalue weighted by Gasteiger charge is 2.14. The molecule has 1 aromatic rings. The monoisotopic (exact) mass is 247 g/mol. The van der Waals surface area contributed by atoms with E-state index >= 15 is 0 Å². The number of anilines is 1. The van der Waals surface area contributed by atoms with Gasteiger partial charge < -0.3 is 16.4 Å². The average molecular weight is 247 g/mol. The van der Waals surface area contributed by atoms with Crippen molar-refractivity contribution in [1.82, 2.24) is 5.32 Å². The lowest BCUT2D eigenvalue weighted by Gasteiger charge is -2.17. The van der Waals surface area contributed by atoms with E-state index in [0.717, 1.165) is 31.6 Å². The van der Waals surface area contributed by atoms with E-state index in [2.05, 4.69) is 22.8 Å². The van der Waals surface area contributed by atoms with E-state index in [-0.39, 0.29) is 11.9 Å². The van der Waals surface area contributed by atoms with E-state index in [9.17, 15) is 4.79 Å². The zero-order chi connectivity index (χ0) is 13.0. The average Bonchev–Trinajstić information content (AvgIpc) is 2.34. The first-order chi connectivity index (χ1) is 8.65. The van der Waals surface area contributed by atoms with Gasteiger partial charge in [0, 0.05) is 24.7 Å². The van der Waals surface area contributed by atoms with E-state index in [1.807, 2.05) is 13.0 Å². The number of nitrogens with one attached hydrogen (secondary N) is 2. The van der Waals surface area contributed by atoms with Crippen molar-refractivity contribution in [2.75, 3.05) is 18.4 Å². The first-order valence-corrected chi connectivity index (χ1v) is 6.53. The summed E-state index contributed by atoms with van der Waals surface area (Å²) in [5.74, 6) is 0.119. The summed E-state index contributed by atoms with van der Waals surface area (Å²) >= 11 is 0. The number of carbonyl (C=O) groups excluding carboxylic acids is 1. The summed E-state index contributed by atoms with van der Waals surface area (Å²) in [6.07, 6.45) is 2.44. The van der Waals surface area contributed by atoms with Crippen molar-refractivity contribution in [1.29, 1.82) is 0 Å². The van der Waals surface area contributed by atoms with Crippen LogP contribution in [-0.2, 0) is 17.6 Å². The molecule has 0 aliphatic carbocycles. The number of aryl methyl sites for hydroxylation is 1. The lowest BCUT2D eigenvalue weighted by molar-refractivity contribution is -0.116. The predicted molar refractivity (Wildman–Crippen MR) is 73.6 cm³/mol. The fourth-order valence-electron chi connectivity index (χ4n) is 2.15. The molecule has 98 valence electrons. The first-order valence-electron chi connectivity index (χ1n) is 6.53. The molecule has 0 saturated carbocycles. The SMILES string of the molecule is CC(N)CNCCc1ccc2c(c1)CCC(=O)N2. The van der Waals surface area contributed by atoms with Crippen molar-refractivity contribution in [2.45, 2.75) is 32.2 Å². The number of fused-ring (bicyclic) bond motifs is 1. The molecule has 1 unspecified atom stereocenters. The third-order valence-electron chi connectivity index (χ3n) is 3.12. The Labute approximate surface area is 108 Å². The Hall–Kier alpha value is -1.39. The molecule has 2 rings (SSSR count). The van der Waals surface area contributed by atoms with E-state index in [0.29, 0.717) is 6.42 Å². The minimum Gasteiger partial charge on any atom is -0.327 e. The zero-order valence-electron chi connectivity index (χ0n) is 10.8. The largest absolute Gasteiger partial charge is 0.327 e. The van der Waals surface area contributed by atoms with Gasteiger partial charge in [0.2, 0.25) is 5.91 Å². The molecular formula is C14H21N3O. The fourth-order valence-corrected chi connectivity index (χ4v) is 2.15. The van der Waals surface area contributed by atoms with Gasteiger partial charge in [-0.1, -0.05) is 12.1 Å². The van der Waals surface area contributed by atoms with Crippen LogP contribution in [0.15, 0.2) is 18.2 Å². The first kappa shape index (κ1) is 13.1. The van der Waals surface area contributed by atoms with Gasteiger partial charge in [0.25, 0.3) is 0 Å². The number of carbonyl (C=O) groups is 1. The maximum absolute atomic E-state index is 11.3. The van der Waals surface area contributed by atoms with Crippen molar-refractivity contribution < 1.29 is 4.79 Å². The summed E-state index contributed by atoms with van der Waals surface area (Å²) in [5, 5.41) is 6.22. The lowest BCUT2D eigenvalue weighted by Crippen LogP contribution is -2.32. The zero-order valence-corrected chi connectivity index (χ0v) is 10.8. The quantitative estimate of drug-likeness (QED) is 0.681. The number of rotatable bonds is 5. The van der Waals surface area contributed by atoms with Crippen LogP contribution in [0.3, 0.4) is 0 Å². The van der Waals surface area contributed by atoms with Gasteiger partial charge in [-0.05, 0) is 43.5 Å². The molecule has 1 aromatic carbocycles. The Morgan fingerprint density at radius 3 is 3.06 bits per heavy atom. The van der Waals surface area contributed by atoms with E-state index in [4.69, 9.17) is 5.73 Å². The van der Waals surface area contributed by atoms with E-state index < -0.39 is 0 Å². The summed E-state index contributed by atoms with van der Waals surface area (Å²) in [6, 6.07) is 6.48. The van der Waals surface area contributed by atoms with Gasteiger partial charge >= 0.3 is 0 Å². The predicted octanol–water partition coefficient (Wildman–Crippen LogP) is 1.05. The minimum absolute atomic E-state index is 0.119. The molecule has 0 fully saturated rings. The minimum atomic E-state index is 0.119. The van der Waals surface area contributed by atoms with Crippen molar-refractivity contribution in [3.8, 4) is 0 Å². The van der Waals surface area contributed by atoms with Crippen LogP contribution in [0.1, 0.15) is 24.5 Å². The van der Waals surface area contributed by atoms with Crippen LogP contribution in [0.5, 0.6) is 0 Å². The van der Waals surface area contributed by atoms with Gasteiger partial charge in [0.05, 0.1) is 0 Å². The Morgan fingerprint density at radius 2 is 2.28 bits per heavy atom. The molecule has 1 aliphatic rings. The standard InChI is InChI=1S/C14H21N3O/c1-10(15)9-16-7-6-11-2-4-13-12(8-11)3-5-14(18)17-13/h2,4,8,10,16H,3,5-7,9,15H2,1H3,(H,17,18). The van der Waals surface area contributed by atoms with Crippen LogP contribution in [0.2, 0.25) is 0 Å². The molecule has 4 N–H and O–H groups in total. The summed E-state index contributed by atoms with van der Waals surface area (Å²) in [7, 11) is 0. The third kappa shape index (κ3) is 3.55. The highest BCUT2D eigenvalue weighted by molar-refractivity contribution is 5.93. The van der Waals surface area contributed by atoms with Gasteiger partial charge in [-0.15, -0.1) is 0 Å². The highest BCUT2D eigenvalue weighted by atomic mass is 16.1. The summed E-state index contributed by atoms with van der Waals surface area (Å²) < 4.78 is 0. The van der Waals surface area contributed by atoms with Crippen LogP contribution in [0.4, 0.5) is 5.69 Å². The summed E-state index contributed by atoms with van der Waals surface area (Å²) in [4.78, 5) is 11.3. The van der Waals surface area contributed by atoms with Crippen molar-refractivity contribution in [2.24, 2.45) is 5.73 Å². The van der Waals surface area contributed by atoms with Crippen LogP contribution >= 0.6 is 0 Å². The number of hydrogen-bond donors (Lipinski definition) is 3. The van der Waals surface area contributed by atoms with Crippen LogP contribution in [-0.4, -0.2) is 25.0 Å². The van der Waals surface area contributed by atoms with Crippen LogP contribution in [0, 0.1) is 0 Å². The van der Waals surface area contributed by atoms with Crippen molar-refractivity contribution in [3.63, 3.8) is 0 Å². The van der Waals surface area contributed by atoms with Crippen molar-refractivity contribution in [3.05, 3.63) is 29.3 Å². The molecule has 0 spiro atoms. The molecule has 0 saturated heterocycles.